The average Bonchev–Trinajstić information content (AvgIpc) is 3.48. The Kier molecular flexibility index (Phi) is 5.12. The molecule has 1 aliphatic carbocycles. The van der Waals surface area contributed by atoms with Crippen LogP contribution in [0.25, 0.3) is 0 Å². The van der Waals surface area contributed by atoms with Crippen LogP contribution in [0.4, 0.5) is 0 Å². The lowest BCUT2D eigenvalue weighted by atomic mass is 9.96. The van der Waals surface area contributed by atoms with Gasteiger partial charge >= 0.3 is 0 Å². The van der Waals surface area contributed by atoms with Gasteiger partial charge in [0.1, 0.15) is 5.41 Å². The van der Waals surface area contributed by atoms with Crippen LogP contribution in [0, 0.1) is 5.41 Å². The number of amides is 2. The first kappa shape index (κ1) is 18.5. The molecule has 6 nitrogen and oxygen atoms in total. The zero-order valence-electron chi connectivity index (χ0n) is 16.1. The van der Waals surface area contributed by atoms with Crippen LogP contribution in [0.15, 0.2) is 12.1 Å². The molecule has 142 valence electrons. The first-order chi connectivity index (χ1) is 12.5. The van der Waals surface area contributed by atoms with E-state index in [1.54, 1.807) is 19.1 Å². The second-order valence-electron chi connectivity index (χ2n) is 7.01. The molecule has 1 heterocycles. The third-order valence-electron chi connectivity index (χ3n) is 5.62. The fourth-order valence-corrected chi connectivity index (χ4v) is 3.82. The van der Waals surface area contributed by atoms with E-state index in [2.05, 4.69) is 0 Å². The van der Waals surface area contributed by atoms with Crippen molar-refractivity contribution >= 4 is 11.8 Å². The minimum Gasteiger partial charge on any atom is -0.493 e. The second kappa shape index (κ2) is 7.17. The van der Waals surface area contributed by atoms with Crippen LogP contribution in [0.1, 0.15) is 37.8 Å². The number of hydrogen-bond donors (Lipinski definition) is 0. The molecule has 6 heteroatoms. The molecule has 0 unspecified atom stereocenters. The molecule has 1 saturated carbocycles. The zero-order chi connectivity index (χ0) is 18.9. The van der Waals surface area contributed by atoms with E-state index >= 15 is 0 Å². The van der Waals surface area contributed by atoms with E-state index in [4.69, 9.17) is 9.47 Å². The summed E-state index contributed by atoms with van der Waals surface area (Å²) in [7, 11) is 3.23. The molecule has 1 aromatic rings. The highest BCUT2D eigenvalue weighted by Crippen LogP contribution is 2.49. The van der Waals surface area contributed by atoms with Crippen LogP contribution in [-0.2, 0) is 22.6 Å². The van der Waals surface area contributed by atoms with E-state index < -0.39 is 5.41 Å². The molecule has 26 heavy (non-hydrogen) atoms. The van der Waals surface area contributed by atoms with Crippen LogP contribution in [-0.4, -0.2) is 55.5 Å². The molecule has 0 radical (unpaired) electrons. The monoisotopic (exact) mass is 360 g/mol. The van der Waals surface area contributed by atoms with Crippen LogP contribution >= 0.6 is 0 Å². The standard InChI is InChI=1S/C20H28N2O4/c1-5-21(6-2)18(23)20(8-9-20)19(24)22-10-7-14-11-16(25-3)17(26-4)12-15(14)13-22/h11-12H,5-10,13H2,1-4H3. The average molecular weight is 360 g/mol. The number of fused-ring (bicyclic) bond motifs is 1. The van der Waals surface area contributed by atoms with Crippen molar-refractivity contribution in [1.29, 1.82) is 0 Å². The number of carbonyl (C=O) groups is 2. The van der Waals surface area contributed by atoms with Crippen molar-refractivity contribution in [1.82, 2.24) is 9.80 Å². The quantitative estimate of drug-likeness (QED) is 0.730. The molecule has 0 N–H and O–H groups in total. The Hall–Kier alpha value is -2.24. The maximum atomic E-state index is 13.2. The van der Waals surface area contributed by atoms with Crippen molar-refractivity contribution < 1.29 is 19.1 Å². The Balaban J connectivity index is 1.80. The molecule has 0 atom stereocenters. The third-order valence-corrected chi connectivity index (χ3v) is 5.62. The van der Waals surface area contributed by atoms with Crippen LogP contribution in [0.2, 0.25) is 0 Å². The highest BCUT2D eigenvalue weighted by atomic mass is 16.5. The first-order valence-corrected chi connectivity index (χ1v) is 9.33. The molecule has 1 aliphatic heterocycles. The lowest BCUT2D eigenvalue weighted by molar-refractivity contribution is -0.149. The van der Waals surface area contributed by atoms with E-state index in [1.807, 2.05) is 30.9 Å². The van der Waals surface area contributed by atoms with Gasteiger partial charge in [0.05, 0.1) is 14.2 Å². The molecule has 0 spiro atoms. The minimum absolute atomic E-state index is 0.00870. The lowest BCUT2D eigenvalue weighted by Crippen LogP contribution is -2.48. The van der Waals surface area contributed by atoms with Gasteiger partial charge in [0.2, 0.25) is 11.8 Å². The Labute approximate surface area is 155 Å². The van der Waals surface area contributed by atoms with Gasteiger partial charge in [-0.25, -0.2) is 0 Å². The molecular weight excluding hydrogens is 332 g/mol. The second-order valence-corrected chi connectivity index (χ2v) is 7.01. The fourth-order valence-electron chi connectivity index (χ4n) is 3.82. The predicted molar refractivity (Wildman–Crippen MR) is 98.3 cm³/mol. The van der Waals surface area contributed by atoms with Gasteiger partial charge in [-0.1, -0.05) is 0 Å². The molecule has 0 bridgehead atoms. The van der Waals surface area contributed by atoms with E-state index in [-0.39, 0.29) is 11.8 Å². The molecular formula is C20H28N2O4. The number of ether oxygens (including phenoxy) is 2. The lowest BCUT2D eigenvalue weighted by Gasteiger charge is -2.33. The van der Waals surface area contributed by atoms with Crippen molar-refractivity contribution in [3.8, 4) is 11.5 Å². The zero-order valence-corrected chi connectivity index (χ0v) is 16.1. The van der Waals surface area contributed by atoms with E-state index in [0.29, 0.717) is 50.5 Å². The summed E-state index contributed by atoms with van der Waals surface area (Å²) in [5.41, 5.74) is 1.42. The summed E-state index contributed by atoms with van der Waals surface area (Å²) in [4.78, 5) is 29.6. The van der Waals surface area contributed by atoms with Gasteiger partial charge in [0.25, 0.3) is 0 Å². The fraction of sp³-hybridized carbons (Fsp3) is 0.600. The van der Waals surface area contributed by atoms with E-state index in [9.17, 15) is 9.59 Å². The summed E-state index contributed by atoms with van der Waals surface area (Å²) < 4.78 is 10.8. The van der Waals surface area contributed by atoms with Gasteiger partial charge in [-0.2, -0.15) is 0 Å². The SMILES string of the molecule is CCN(CC)C(=O)C1(C(=O)N2CCc3cc(OC)c(OC)cc3C2)CC1. The number of hydrogen-bond acceptors (Lipinski definition) is 4. The molecule has 0 aromatic heterocycles. The first-order valence-electron chi connectivity index (χ1n) is 9.33. The number of carbonyl (C=O) groups excluding carboxylic acids is 2. The molecule has 2 amide bonds. The Morgan fingerprint density at radius 1 is 1.08 bits per heavy atom. The van der Waals surface area contributed by atoms with Gasteiger partial charge < -0.3 is 19.3 Å². The third kappa shape index (κ3) is 3.02. The maximum absolute atomic E-state index is 13.2. The van der Waals surface area contributed by atoms with Crippen LogP contribution < -0.4 is 9.47 Å². The molecule has 2 aliphatic rings. The Bertz CT molecular complexity index is 708. The van der Waals surface area contributed by atoms with Crippen molar-refractivity contribution in [2.24, 2.45) is 5.41 Å². The largest absolute Gasteiger partial charge is 0.493 e. The van der Waals surface area contributed by atoms with Crippen molar-refractivity contribution in [2.45, 2.75) is 39.7 Å². The van der Waals surface area contributed by atoms with Crippen molar-refractivity contribution in [3.63, 3.8) is 0 Å². The van der Waals surface area contributed by atoms with Gasteiger partial charge in [-0.15, -0.1) is 0 Å². The Morgan fingerprint density at radius 2 is 1.65 bits per heavy atom. The van der Waals surface area contributed by atoms with Gasteiger partial charge in [-0.05, 0) is 56.4 Å². The van der Waals surface area contributed by atoms with Gasteiger partial charge in [-0.3, -0.25) is 9.59 Å². The molecule has 1 fully saturated rings. The summed E-state index contributed by atoms with van der Waals surface area (Å²) >= 11 is 0. The molecule has 0 saturated heterocycles. The van der Waals surface area contributed by atoms with E-state index in [1.165, 1.54) is 5.56 Å². The van der Waals surface area contributed by atoms with Crippen molar-refractivity contribution in [2.75, 3.05) is 33.9 Å². The number of methoxy groups -OCH3 is 2. The number of nitrogens with zero attached hydrogens (tertiary/aromatic N) is 2. The smallest absolute Gasteiger partial charge is 0.238 e. The highest BCUT2D eigenvalue weighted by molar-refractivity contribution is 6.07. The summed E-state index contributed by atoms with van der Waals surface area (Å²) in [5.74, 6) is 1.35. The highest BCUT2D eigenvalue weighted by Gasteiger charge is 2.59. The summed E-state index contributed by atoms with van der Waals surface area (Å²) in [6.45, 7) is 6.35. The number of benzene rings is 1. The van der Waals surface area contributed by atoms with E-state index in [0.717, 1.165) is 12.0 Å². The summed E-state index contributed by atoms with van der Waals surface area (Å²) in [6, 6.07) is 3.93. The summed E-state index contributed by atoms with van der Waals surface area (Å²) in [5, 5.41) is 0. The molecule has 1 aromatic carbocycles. The number of rotatable bonds is 6. The topological polar surface area (TPSA) is 59.1 Å². The van der Waals surface area contributed by atoms with Gasteiger partial charge in [0, 0.05) is 26.2 Å². The minimum atomic E-state index is -0.819. The molecule has 3 rings (SSSR count). The van der Waals surface area contributed by atoms with Gasteiger partial charge in [0.15, 0.2) is 11.5 Å². The Morgan fingerprint density at radius 3 is 2.15 bits per heavy atom. The normalized spacial score (nSPS) is 17.3. The predicted octanol–water partition coefficient (Wildman–Crippen LogP) is 2.24. The van der Waals surface area contributed by atoms with Crippen molar-refractivity contribution in [3.05, 3.63) is 23.3 Å². The van der Waals surface area contributed by atoms with Crippen LogP contribution in [0.5, 0.6) is 11.5 Å². The van der Waals surface area contributed by atoms with Crippen LogP contribution in [0.3, 0.4) is 0 Å². The summed E-state index contributed by atoms with van der Waals surface area (Å²) in [6.07, 6.45) is 2.09. The maximum Gasteiger partial charge on any atom is 0.238 e.